The van der Waals surface area contributed by atoms with E-state index in [4.69, 9.17) is 15.2 Å². The smallest absolute Gasteiger partial charge is 0.318 e. The number of hydrogen-bond donors (Lipinski definition) is 2. The predicted octanol–water partition coefficient (Wildman–Crippen LogP) is 0.573. The molecule has 1 aromatic rings. The molecule has 0 amide bonds. The van der Waals surface area contributed by atoms with Gasteiger partial charge in [0.25, 0.3) is 0 Å². The Morgan fingerprint density at radius 1 is 1.44 bits per heavy atom. The molecule has 0 spiro atoms. The first-order valence-electron chi connectivity index (χ1n) is 5.05. The average Bonchev–Trinajstić information content (AvgIpc) is 2.15. The fourth-order valence-electron chi connectivity index (χ4n) is 0.968. The molecule has 0 atom stereocenters. The monoisotopic (exact) mass is 227 g/mol. The normalized spacial score (nSPS) is 11.4. The van der Waals surface area contributed by atoms with Gasteiger partial charge in [-0.3, -0.25) is 0 Å². The Kier molecular flexibility index (Phi) is 4.45. The van der Waals surface area contributed by atoms with Gasteiger partial charge in [0.2, 0.25) is 0 Å². The van der Waals surface area contributed by atoms with Gasteiger partial charge in [0.05, 0.1) is 13.2 Å². The Bertz CT molecular complexity index is 325. The van der Waals surface area contributed by atoms with Crippen molar-refractivity contribution in [3.8, 4) is 6.01 Å². The molecule has 6 heteroatoms. The summed E-state index contributed by atoms with van der Waals surface area (Å²) in [5.74, 6) is -0.731. The van der Waals surface area contributed by atoms with Crippen molar-refractivity contribution in [2.24, 2.45) is 0 Å². The van der Waals surface area contributed by atoms with Crippen LogP contribution >= 0.6 is 0 Å². The van der Waals surface area contributed by atoms with Crippen LogP contribution in [0.25, 0.3) is 0 Å². The van der Waals surface area contributed by atoms with E-state index in [0.717, 1.165) is 0 Å². The maximum absolute atomic E-state index is 9.27. The van der Waals surface area contributed by atoms with Crippen LogP contribution in [0.4, 0.5) is 5.82 Å². The topological polar surface area (TPSA) is 90.5 Å². The highest BCUT2D eigenvalue weighted by Gasteiger charge is 2.11. The molecule has 0 aliphatic carbocycles. The number of nitrogens with zero attached hydrogens (tertiary/aromatic N) is 2. The number of nitrogens with two attached hydrogens (primary N) is 1. The van der Waals surface area contributed by atoms with Crippen LogP contribution in [0.5, 0.6) is 6.01 Å². The Hall–Kier alpha value is -1.40. The second-order valence-corrected chi connectivity index (χ2v) is 3.76. The molecule has 16 heavy (non-hydrogen) atoms. The van der Waals surface area contributed by atoms with E-state index in [1.54, 1.807) is 19.9 Å². The van der Waals surface area contributed by atoms with Gasteiger partial charge in [0, 0.05) is 12.6 Å². The van der Waals surface area contributed by atoms with Crippen molar-refractivity contribution < 1.29 is 14.6 Å². The SMILES string of the molecule is CC(C)(O)OCCCOc1nccc(N)n1. The summed E-state index contributed by atoms with van der Waals surface area (Å²) in [7, 11) is 0. The lowest BCUT2D eigenvalue weighted by molar-refractivity contribution is -0.176. The quantitative estimate of drug-likeness (QED) is 0.545. The highest BCUT2D eigenvalue weighted by molar-refractivity contribution is 5.26. The minimum absolute atomic E-state index is 0.253. The zero-order valence-corrected chi connectivity index (χ0v) is 9.51. The van der Waals surface area contributed by atoms with E-state index in [1.807, 2.05) is 0 Å². The van der Waals surface area contributed by atoms with Crippen LogP contribution < -0.4 is 10.5 Å². The number of nitrogen functional groups attached to an aromatic ring is 1. The Labute approximate surface area is 94.4 Å². The van der Waals surface area contributed by atoms with Gasteiger partial charge in [-0.1, -0.05) is 0 Å². The van der Waals surface area contributed by atoms with E-state index in [1.165, 1.54) is 6.20 Å². The van der Waals surface area contributed by atoms with Crippen molar-refractivity contribution in [3.05, 3.63) is 12.3 Å². The molecule has 0 saturated carbocycles. The summed E-state index contributed by atoms with van der Waals surface area (Å²) in [6, 6.07) is 1.84. The van der Waals surface area contributed by atoms with Gasteiger partial charge in [0.15, 0.2) is 5.79 Å². The fraction of sp³-hybridized carbons (Fsp3) is 0.600. The van der Waals surface area contributed by atoms with Gasteiger partial charge in [-0.15, -0.1) is 0 Å². The molecular weight excluding hydrogens is 210 g/mol. The second-order valence-electron chi connectivity index (χ2n) is 3.76. The van der Waals surface area contributed by atoms with Gasteiger partial charge < -0.3 is 20.3 Å². The molecule has 3 N–H and O–H groups in total. The minimum Gasteiger partial charge on any atom is -0.463 e. The number of ether oxygens (including phenoxy) is 2. The van der Waals surface area contributed by atoms with Crippen LogP contribution in [-0.2, 0) is 4.74 Å². The minimum atomic E-state index is -1.10. The molecule has 0 aromatic carbocycles. The standard InChI is InChI=1S/C10H17N3O3/c1-10(2,14)16-7-3-6-15-9-12-5-4-8(11)13-9/h4-5,14H,3,6-7H2,1-2H3,(H2,11,12,13). The van der Waals surface area contributed by atoms with E-state index < -0.39 is 5.79 Å². The zero-order valence-electron chi connectivity index (χ0n) is 9.51. The third-order valence-electron chi connectivity index (χ3n) is 1.63. The van der Waals surface area contributed by atoms with Crippen molar-refractivity contribution >= 4 is 5.82 Å². The lowest BCUT2D eigenvalue weighted by Crippen LogP contribution is -2.24. The molecule has 0 fully saturated rings. The van der Waals surface area contributed by atoms with Gasteiger partial charge >= 0.3 is 6.01 Å². The lowest BCUT2D eigenvalue weighted by atomic mass is 10.4. The van der Waals surface area contributed by atoms with Crippen LogP contribution in [0.1, 0.15) is 20.3 Å². The molecule has 90 valence electrons. The van der Waals surface area contributed by atoms with Crippen molar-refractivity contribution in [2.75, 3.05) is 18.9 Å². The Morgan fingerprint density at radius 3 is 2.81 bits per heavy atom. The van der Waals surface area contributed by atoms with E-state index in [-0.39, 0.29) is 6.01 Å². The molecule has 1 rings (SSSR count). The molecule has 6 nitrogen and oxygen atoms in total. The van der Waals surface area contributed by atoms with Crippen LogP contribution in [-0.4, -0.2) is 34.1 Å². The summed E-state index contributed by atoms with van der Waals surface area (Å²) >= 11 is 0. The van der Waals surface area contributed by atoms with Gasteiger partial charge in [-0.05, 0) is 19.9 Å². The highest BCUT2D eigenvalue weighted by atomic mass is 16.6. The van der Waals surface area contributed by atoms with Crippen LogP contribution in [0.2, 0.25) is 0 Å². The average molecular weight is 227 g/mol. The third-order valence-corrected chi connectivity index (χ3v) is 1.63. The number of hydrogen-bond acceptors (Lipinski definition) is 6. The van der Waals surface area contributed by atoms with Crippen LogP contribution in [0.15, 0.2) is 12.3 Å². The fourth-order valence-corrected chi connectivity index (χ4v) is 0.968. The van der Waals surface area contributed by atoms with Gasteiger partial charge in [-0.25, -0.2) is 4.98 Å². The summed E-state index contributed by atoms with van der Waals surface area (Å²) in [6.45, 7) is 3.98. The first kappa shape index (κ1) is 12.7. The third kappa shape index (κ3) is 5.47. The molecule has 1 heterocycles. The maximum atomic E-state index is 9.27. The molecule has 0 saturated heterocycles. The van der Waals surface area contributed by atoms with Crippen LogP contribution in [0.3, 0.4) is 0 Å². The molecule has 1 aromatic heterocycles. The summed E-state index contributed by atoms with van der Waals surface area (Å²) in [5, 5.41) is 9.27. The van der Waals surface area contributed by atoms with Crippen molar-refractivity contribution in [3.63, 3.8) is 0 Å². The summed E-state index contributed by atoms with van der Waals surface area (Å²) < 4.78 is 10.3. The second kappa shape index (κ2) is 5.62. The number of aliphatic hydroxyl groups is 1. The molecular formula is C10H17N3O3. The Balaban J connectivity index is 2.17. The first-order valence-corrected chi connectivity index (χ1v) is 5.05. The Morgan fingerprint density at radius 2 is 2.19 bits per heavy atom. The molecule has 0 unspecified atom stereocenters. The van der Waals surface area contributed by atoms with Gasteiger partial charge in [0.1, 0.15) is 5.82 Å². The molecule has 0 radical (unpaired) electrons. The van der Waals surface area contributed by atoms with E-state index in [0.29, 0.717) is 25.5 Å². The number of aromatic nitrogens is 2. The predicted molar refractivity (Wildman–Crippen MR) is 58.8 cm³/mol. The van der Waals surface area contributed by atoms with Crippen molar-refractivity contribution in [1.29, 1.82) is 0 Å². The summed E-state index contributed by atoms with van der Waals surface area (Å²) in [4.78, 5) is 7.76. The molecule has 0 aliphatic heterocycles. The lowest BCUT2D eigenvalue weighted by Gasteiger charge is -2.17. The highest BCUT2D eigenvalue weighted by Crippen LogP contribution is 2.06. The maximum Gasteiger partial charge on any atom is 0.318 e. The summed E-state index contributed by atoms with van der Waals surface area (Å²) in [5.41, 5.74) is 5.46. The molecule has 0 bridgehead atoms. The number of anilines is 1. The van der Waals surface area contributed by atoms with Crippen LogP contribution in [0, 0.1) is 0 Å². The van der Waals surface area contributed by atoms with E-state index >= 15 is 0 Å². The summed E-state index contributed by atoms with van der Waals surface area (Å²) in [6.07, 6.45) is 2.17. The van der Waals surface area contributed by atoms with Crippen molar-refractivity contribution in [1.82, 2.24) is 9.97 Å². The number of rotatable bonds is 6. The van der Waals surface area contributed by atoms with Gasteiger partial charge in [-0.2, -0.15) is 4.98 Å². The van der Waals surface area contributed by atoms with Crippen molar-refractivity contribution in [2.45, 2.75) is 26.1 Å². The largest absolute Gasteiger partial charge is 0.463 e. The zero-order chi connectivity index (χ0) is 12.0. The van der Waals surface area contributed by atoms with E-state index in [2.05, 4.69) is 9.97 Å². The first-order chi connectivity index (χ1) is 7.47. The van der Waals surface area contributed by atoms with E-state index in [9.17, 15) is 5.11 Å². The molecule has 0 aliphatic rings.